The number of aryl methyl sites for hydroxylation is 3. The van der Waals surface area contributed by atoms with E-state index in [0.29, 0.717) is 37.7 Å². The number of benzene rings is 1. The number of carbonyl (C=O) groups excluding carboxylic acids is 1. The topological polar surface area (TPSA) is 96.6 Å². The standard InChI is InChI=1S/C27H36N4O5/c1-6-31-23-8-7-20(14-22(23)29-25(31)19-13-18(4)26(32)30(5)15-19)35-12-10-28-24(17(2)3)27(33)36-21-9-11-34-16-21/h7-8,13-15,17,21,24,28H,6,9-12,16H2,1-5H3. The minimum Gasteiger partial charge on any atom is -0.492 e. The lowest BCUT2D eigenvalue weighted by atomic mass is 10.0. The van der Waals surface area contributed by atoms with Gasteiger partial charge in [-0.15, -0.1) is 0 Å². The number of rotatable bonds is 10. The number of esters is 1. The first-order valence-electron chi connectivity index (χ1n) is 12.6. The Bertz CT molecular complexity index is 1250. The third-order valence-electron chi connectivity index (χ3n) is 6.48. The Morgan fingerprint density at radius 3 is 2.78 bits per heavy atom. The summed E-state index contributed by atoms with van der Waals surface area (Å²) in [6.07, 6.45) is 2.42. The SMILES string of the molecule is CCn1c(-c2cc(C)c(=O)n(C)c2)nc2cc(OCCNC(C(=O)OC3CCOC3)C(C)C)ccc21. The van der Waals surface area contributed by atoms with E-state index in [2.05, 4.69) is 16.8 Å². The molecule has 2 unspecified atom stereocenters. The molecule has 1 aromatic carbocycles. The van der Waals surface area contributed by atoms with E-state index in [1.807, 2.05) is 51.2 Å². The van der Waals surface area contributed by atoms with Crippen molar-refractivity contribution in [2.45, 2.75) is 52.8 Å². The molecule has 36 heavy (non-hydrogen) atoms. The molecule has 0 saturated carbocycles. The summed E-state index contributed by atoms with van der Waals surface area (Å²) >= 11 is 0. The number of carbonyl (C=O) groups is 1. The van der Waals surface area contributed by atoms with Gasteiger partial charge < -0.3 is 28.7 Å². The Morgan fingerprint density at radius 2 is 2.11 bits per heavy atom. The van der Waals surface area contributed by atoms with Gasteiger partial charge in [-0.2, -0.15) is 0 Å². The zero-order valence-electron chi connectivity index (χ0n) is 21.7. The predicted octanol–water partition coefficient (Wildman–Crippen LogP) is 3.06. The molecule has 2 atom stereocenters. The largest absolute Gasteiger partial charge is 0.492 e. The van der Waals surface area contributed by atoms with Gasteiger partial charge in [0.15, 0.2) is 0 Å². The quantitative estimate of drug-likeness (QED) is 0.340. The van der Waals surface area contributed by atoms with Gasteiger partial charge in [0.1, 0.15) is 30.3 Å². The van der Waals surface area contributed by atoms with E-state index in [1.54, 1.807) is 11.6 Å². The number of fused-ring (bicyclic) bond motifs is 1. The molecule has 1 aliphatic heterocycles. The van der Waals surface area contributed by atoms with Gasteiger partial charge in [0.25, 0.3) is 5.56 Å². The summed E-state index contributed by atoms with van der Waals surface area (Å²) in [7, 11) is 1.75. The van der Waals surface area contributed by atoms with E-state index in [1.165, 1.54) is 0 Å². The lowest BCUT2D eigenvalue weighted by Gasteiger charge is -2.22. The van der Waals surface area contributed by atoms with Crippen LogP contribution in [0.4, 0.5) is 0 Å². The van der Waals surface area contributed by atoms with E-state index in [4.69, 9.17) is 19.2 Å². The minimum atomic E-state index is -0.398. The molecule has 3 aromatic rings. The van der Waals surface area contributed by atoms with Crippen molar-refractivity contribution in [3.05, 3.63) is 46.4 Å². The summed E-state index contributed by atoms with van der Waals surface area (Å²) in [5.41, 5.74) is 3.40. The Morgan fingerprint density at radius 1 is 1.31 bits per heavy atom. The molecular weight excluding hydrogens is 460 g/mol. The van der Waals surface area contributed by atoms with Gasteiger partial charge in [0.05, 0.1) is 24.2 Å². The second-order valence-corrected chi connectivity index (χ2v) is 9.60. The molecule has 194 valence electrons. The average Bonchev–Trinajstić information content (AvgIpc) is 3.48. The fraction of sp³-hybridized carbons (Fsp3) is 0.519. The third kappa shape index (κ3) is 5.63. The van der Waals surface area contributed by atoms with Crippen LogP contribution in [0.15, 0.2) is 35.3 Å². The number of imidazole rings is 1. The molecular formula is C27H36N4O5. The number of aromatic nitrogens is 3. The van der Waals surface area contributed by atoms with Crippen molar-refractivity contribution in [1.82, 2.24) is 19.4 Å². The third-order valence-corrected chi connectivity index (χ3v) is 6.48. The summed E-state index contributed by atoms with van der Waals surface area (Å²) in [5.74, 6) is 1.37. The van der Waals surface area contributed by atoms with E-state index < -0.39 is 6.04 Å². The van der Waals surface area contributed by atoms with Crippen LogP contribution in [0.3, 0.4) is 0 Å². The summed E-state index contributed by atoms with van der Waals surface area (Å²) in [6, 6.07) is 7.35. The fourth-order valence-electron chi connectivity index (χ4n) is 4.56. The summed E-state index contributed by atoms with van der Waals surface area (Å²) in [4.78, 5) is 29.6. The van der Waals surface area contributed by atoms with Gasteiger partial charge >= 0.3 is 5.97 Å². The average molecular weight is 497 g/mol. The Balaban J connectivity index is 1.42. The van der Waals surface area contributed by atoms with Crippen LogP contribution in [0.5, 0.6) is 5.75 Å². The lowest BCUT2D eigenvalue weighted by Crippen LogP contribution is -2.45. The highest BCUT2D eigenvalue weighted by Gasteiger charge is 2.27. The van der Waals surface area contributed by atoms with Crippen molar-refractivity contribution in [3.63, 3.8) is 0 Å². The first-order chi connectivity index (χ1) is 17.3. The smallest absolute Gasteiger partial charge is 0.323 e. The van der Waals surface area contributed by atoms with Crippen molar-refractivity contribution < 1.29 is 19.0 Å². The van der Waals surface area contributed by atoms with Crippen LogP contribution < -0.4 is 15.6 Å². The van der Waals surface area contributed by atoms with E-state index >= 15 is 0 Å². The molecule has 9 nitrogen and oxygen atoms in total. The number of ether oxygens (including phenoxy) is 3. The minimum absolute atomic E-state index is 0.0114. The van der Waals surface area contributed by atoms with Gasteiger partial charge in [0, 0.05) is 49.9 Å². The highest BCUT2D eigenvalue weighted by molar-refractivity contribution is 5.82. The van der Waals surface area contributed by atoms with Gasteiger partial charge in [-0.3, -0.25) is 9.59 Å². The van der Waals surface area contributed by atoms with E-state index in [0.717, 1.165) is 35.4 Å². The van der Waals surface area contributed by atoms with E-state index in [9.17, 15) is 9.59 Å². The molecule has 2 aromatic heterocycles. The van der Waals surface area contributed by atoms with Crippen LogP contribution in [0.1, 0.15) is 32.8 Å². The molecule has 1 aliphatic rings. The summed E-state index contributed by atoms with van der Waals surface area (Å²) in [6.45, 7) is 10.6. The van der Waals surface area contributed by atoms with E-state index in [-0.39, 0.29) is 23.6 Å². The van der Waals surface area contributed by atoms with Crippen LogP contribution in [0, 0.1) is 12.8 Å². The second kappa shape index (κ2) is 11.3. The molecule has 1 N–H and O–H groups in total. The monoisotopic (exact) mass is 496 g/mol. The summed E-state index contributed by atoms with van der Waals surface area (Å²) < 4.78 is 20.6. The van der Waals surface area contributed by atoms with Crippen molar-refractivity contribution in [1.29, 1.82) is 0 Å². The molecule has 0 amide bonds. The van der Waals surface area contributed by atoms with Crippen LogP contribution in [0.2, 0.25) is 0 Å². The normalized spacial score (nSPS) is 16.6. The predicted molar refractivity (Wildman–Crippen MR) is 138 cm³/mol. The van der Waals surface area contributed by atoms with Crippen molar-refractivity contribution in [2.75, 3.05) is 26.4 Å². The Labute approximate surface area is 211 Å². The lowest BCUT2D eigenvalue weighted by molar-refractivity contribution is -0.152. The summed E-state index contributed by atoms with van der Waals surface area (Å²) in [5, 5.41) is 3.27. The van der Waals surface area contributed by atoms with Gasteiger partial charge in [-0.05, 0) is 38.0 Å². The van der Waals surface area contributed by atoms with Crippen molar-refractivity contribution >= 4 is 17.0 Å². The fourth-order valence-corrected chi connectivity index (χ4v) is 4.56. The Kier molecular flexibility index (Phi) is 8.11. The van der Waals surface area contributed by atoms with Gasteiger partial charge in [-0.25, -0.2) is 4.98 Å². The number of nitrogens with one attached hydrogen (secondary N) is 1. The van der Waals surface area contributed by atoms with Crippen molar-refractivity contribution in [2.24, 2.45) is 13.0 Å². The zero-order valence-corrected chi connectivity index (χ0v) is 21.7. The zero-order chi connectivity index (χ0) is 25.8. The molecule has 0 aliphatic carbocycles. The molecule has 9 heteroatoms. The number of nitrogens with zero attached hydrogens (tertiary/aromatic N) is 3. The molecule has 0 radical (unpaired) electrons. The number of hydrogen-bond donors (Lipinski definition) is 1. The number of pyridine rings is 1. The highest BCUT2D eigenvalue weighted by Crippen LogP contribution is 2.27. The maximum Gasteiger partial charge on any atom is 0.323 e. The second-order valence-electron chi connectivity index (χ2n) is 9.60. The maximum atomic E-state index is 12.6. The van der Waals surface area contributed by atoms with Crippen LogP contribution in [-0.2, 0) is 27.9 Å². The Hall–Kier alpha value is -3.17. The van der Waals surface area contributed by atoms with Gasteiger partial charge in [0.2, 0.25) is 0 Å². The molecule has 3 heterocycles. The molecule has 4 rings (SSSR count). The van der Waals surface area contributed by atoms with Crippen LogP contribution >= 0.6 is 0 Å². The number of hydrogen-bond acceptors (Lipinski definition) is 7. The van der Waals surface area contributed by atoms with Gasteiger partial charge in [-0.1, -0.05) is 13.8 Å². The molecule has 1 fully saturated rings. The van der Waals surface area contributed by atoms with Crippen LogP contribution in [-0.4, -0.2) is 58.6 Å². The first-order valence-corrected chi connectivity index (χ1v) is 12.6. The first kappa shape index (κ1) is 25.9. The maximum absolute atomic E-state index is 12.6. The van der Waals surface area contributed by atoms with Crippen molar-refractivity contribution in [3.8, 4) is 17.1 Å². The highest BCUT2D eigenvalue weighted by atomic mass is 16.6. The molecule has 1 saturated heterocycles. The van der Waals surface area contributed by atoms with Crippen LogP contribution in [0.25, 0.3) is 22.4 Å². The molecule has 0 spiro atoms. The molecule has 0 bridgehead atoms.